The summed E-state index contributed by atoms with van der Waals surface area (Å²) in [5.74, 6) is -0.216. The molecule has 0 aromatic heterocycles. The van der Waals surface area contributed by atoms with E-state index in [-0.39, 0.29) is 0 Å². The van der Waals surface area contributed by atoms with Crippen LogP contribution in [0.15, 0.2) is 0 Å². The second kappa shape index (κ2) is 22.0. The molecule has 242 valence electrons. The average Bonchev–Trinajstić information content (AvgIpc) is 2.85. The van der Waals surface area contributed by atoms with Crippen molar-refractivity contribution in [3.63, 3.8) is 0 Å². The predicted molar refractivity (Wildman–Crippen MR) is 152 cm³/mol. The minimum Gasteiger partial charge on any atom is -0.753 e. The molecule has 0 saturated heterocycles. The molecule has 0 radical (unpaired) electrons. The first-order chi connectivity index (χ1) is 18.3. The highest BCUT2D eigenvalue weighted by molar-refractivity contribution is 7.91. The third-order valence-electron chi connectivity index (χ3n) is 5.59. The smallest absolute Gasteiger partial charge is 0.350 e. The molecule has 1 unspecified atom stereocenters. The fourth-order valence-corrected chi connectivity index (χ4v) is 3.53. The first-order valence-electron chi connectivity index (χ1n) is 13.0. The quantitative estimate of drug-likeness (QED) is 0.0488. The Morgan fingerprint density at radius 1 is 0.775 bits per heavy atom. The highest BCUT2D eigenvalue weighted by Gasteiger charge is 2.25. The number of guanidine groups is 1. The maximum absolute atomic E-state index is 10.6. The van der Waals surface area contributed by atoms with Gasteiger partial charge in [-0.25, -0.2) is 12.6 Å². The minimum absolute atomic E-state index is 1.03. The van der Waals surface area contributed by atoms with E-state index < -0.39 is 31.3 Å². The van der Waals surface area contributed by atoms with E-state index in [4.69, 9.17) is 26.3 Å². The van der Waals surface area contributed by atoms with Crippen LogP contribution in [0.2, 0.25) is 0 Å². The fraction of sp³-hybridized carbons (Fsp3) is 0.826. The Labute approximate surface area is 238 Å². The molecule has 0 saturated carbocycles. The summed E-state index contributed by atoms with van der Waals surface area (Å²) in [6.07, 6.45) is 2.38. The zero-order valence-corrected chi connectivity index (χ0v) is 26.8. The van der Waals surface area contributed by atoms with Crippen molar-refractivity contribution >= 4 is 37.4 Å². The highest BCUT2D eigenvalue weighted by Crippen LogP contribution is 2.09. The van der Waals surface area contributed by atoms with E-state index >= 15 is 0 Å². The SMILES string of the molecule is CCCN(CCC)C(N(CC)CC)=[N+](C)CC[N+](C)=C(C)N(CC)CC.O=S(=O)(O)[C-](F)F.O=S([O-])(O)=C(F)F. The molecule has 0 aliphatic rings. The number of halogens is 4. The lowest BCUT2D eigenvalue weighted by Gasteiger charge is -2.28. The van der Waals surface area contributed by atoms with E-state index in [1.165, 1.54) is 24.6 Å². The third-order valence-corrected chi connectivity index (χ3v) is 6.37. The number of amidine groups is 1. The molecule has 11 nitrogen and oxygen atoms in total. The maximum Gasteiger partial charge on any atom is 0.350 e. The first-order valence-corrected chi connectivity index (χ1v) is 15.9. The Morgan fingerprint density at radius 3 is 1.35 bits per heavy atom. The molecule has 0 aromatic carbocycles. The van der Waals surface area contributed by atoms with Crippen molar-refractivity contribution in [2.24, 2.45) is 0 Å². The van der Waals surface area contributed by atoms with Gasteiger partial charge in [-0.15, -0.1) is 0 Å². The molecular weight excluding hydrogens is 582 g/mol. The topological polar surface area (TPSA) is 130 Å². The number of rotatable bonds is 12. The van der Waals surface area contributed by atoms with Crippen molar-refractivity contribution in [3.05, 3.63) is 5.76 Å². The second-order valence-electron chi connectivity index (χ2n) is 8.42. The normalized spacial score (nSPS) is 14.0. The summed E-state index contributed by atoms with van der Waals surface area (Å²) in [5, 5.41) is -2.98. The first kappa shape index (κ1) is 42.8. The molecule has 1 atom stereocenters. The van der Waals surface area contributed by atoms with Crippen LogP contribution in [0.3, 0.4) is 0 Å². The Kier molecular flexibility index (Phi) is 23.5. The number of hydrogen-bond acceptors (Lipinski definition) is 4. The number of likely N-dealkylation sites (N-methyl/N-ethyl adjacent to an activating group) is 2. The van der Waals surface area contributed by atoms with Gasteiger partial charge in [0.2, 0.25) is 5.84 Å². The standard InChI is InChI=1S/C21H47N5.CH2F2O3S.CHF2O3S/c1-10-16-26(17-11-2)21(25(14-5)15-6)23(9)19-18-22(8)20(7)24(12-3)13-4;2*2-1(3)7(4,5)6/h10-19H2,1-9H3;(H2,4,5,6);(H,4,5,6)/q+2;;-1/p-1. The van der Waals surface area contributed by atoms with Crippen LogP contribution in [-0.2, 0) is 20.2 Å². The van der Waals surface area contributed by atoms with Gasteiger partial charge in [-0.3, -0.25) is 23.9 Å². The molecule has 0 aromatic rings. The van der Waals surface area contributed by atoms with Crippen LogP contribution >= 0.6 is 0 Å². The van der Waals surface area contributed by atoms with Crippen LogP contribution in [0, 0.1) is 5.76 Å². The summed E-state index contributed by atoms with van der Waals surface area (Å²) < 4.78 is 98.3. The largest absolute Gasteiger partial charge is 0.753 e. The van der Waals surface area contributed by atoms with E-state index in [1.54, 1.807) is 0 Å². The average molecular weight is 632 g/mol. The molecule has 0 amide bonds. The molecule has 0 rings (SSSR count). The van der Waals surface area contributed by atoms with E-state index in [9.17, 15) is 17.6 Å². The van der Waals surface area contributed by atoms with Gasteiger partial charge in [-0.2, -0.15) is 8.78 Å². The van der Waals surface area contributed by atoms with Crippen molar-refractivity contribution in [1.29, 1.82) is 0 Å². The predicted octanol–water partition coefficient (Wildman–Crippen LogP) is 3.01. The summed E-state index contributed by atoms with van der Waals surface area (Å²) in [4.78, 5) is 7.51. The summed E-state index contributed by atoms with van der Waals surface area (Å²) in [6, 6.07) is 0. The Morgan fingerprint density at radius 2 is 1.10 bits per heavy atom. The van der Waals surface area contributed by atoms with Crippen LogP contribution in [0.1, 0.15) is 61.3 Å². The fourth-order valence-electron chi connectivity index (χ4n) is 3.53. The van der Waals surface area contributed by atoms with Crippen LogP contribution in [0.4, 0.5) is 17.6 Å². The van der Waals surface area contributed by atoms with Gasteiger partial charge in [-0.1, -0.05) is 13.8 Å². The summed E-state index contributed by atoms with van der Waals surface area (Å²) >= 11 is 0. The molecule has 17 heteroatoms. The van der Waals surface area contributed by atoms with Gasteiger partial charge in [0.1, 0.15) is 18.8 Å². The van der Waals surface area contributed by atoms with Gasteiger partial charge in [0, 0.05) is 6.92 Å². The number of nitrogens with zero attached hydrogens (tertiary/aromatic N) is 5. The second-order valence-corrected chi connectivity index (χ2v) is 10.9. The van der Waals surface area contributed by atoms with Gasteiger partial charge in [0.15, 0.2) is 10.1 Å². The van der Waals surface area contributed by atoms with Crippen molar-refractivity contribution < 1.29 is 53.0 Å². The third kappa shape index (κ3) is 18.6. The van der Waals surface area contributed by atoms with E-state index in [0.717, 1.165) is 52.4 Å². The molecular formula is C23H49F4N5O6S2. The molecule has 0 fully saturated rings. The molecule has 0 spiro atoms. The van der Waals surface area contributed by atoms with Gasteiger partial charge >= 0.3 is 11.3 Å². The Bertz CT molecular complexity index is 978. The van der Waals surface area contributed by atoms with Crippen molar-refractivity contribution in [2.45, 2.75) is 61.3 Å². The molecule has 0 bridgehead atoms. The monoisotopic (exact) mass is 631 g/mol. The lowest BCUT2D eigenvalue weighted by atomic mass is 10.3. The van der Waals surface area contributed by atoms with Gasteiger partial charge in [0.25, 0.3) is 0 Å². The van der Waals surface area contributed by atoms with Gasteiger partial charge < -0.3 is 22.4 Å². The van der Waals surface area contributed by atoms with E-state index in [1.807, 2.05) is 0 Å². The summed E-state index contributed by atoms with van der Waals surface area (Å²) in [7, 11) is -5.84. The summed E-state index contributed by atoms with van der Waals surface area (Å²) in [6.45, 7) is 24.4. The van der Waals surface area contributed by atoms with Gasteiger partial charge in [0.05, 0.1) is 63.4 Å². The van der Waals surface area contributed by atoms with Crippen molar-refractivity contribution in [1.82, 2.24) is 14.7 Å². The van der Waals surface area contributed by atoms with Crippen LogP contribution in [0.5, 0.6) is 0 Å². The zero-order chi connectivity index (χ0) is 32.3. The molecule has 2 N–H and O–H groups in total. The molecule has 40 heavy (non-hydrogen) atoms. The van der Waals surface area contributed by atoms with Crippen molar-refractivity contribution in [3.8, 4) is 0 Å². The Hall–Kier alpha value is -1.69. The van der Waals surface area contributed by atoms with Gasteiger partial charge in [-0.05, 0) is 40.5 Å². The molecule has 0 aliphatic carbocycles. The number of hydrogen-bond donors (Lipinski definition) is 2. The van der Waals surface area contributed by atoms with Crippen LogP contribution in [-0.4, -0.2) is 134 Å². The summed E-state index contributed by atoms with van der Waals surface area (Å²) in [5.41, 5.74) is 0. The minimum atomic E-state index is -5.16. The lowest BCUT2D eigenvalue weighted by molar-refractivity contribution is -0.578. The lowest BCUT2D eigenvalue weighted by Crippen LogP contribution is -2.50. The molecule has 0 heterocycles. The van der Waals surface area contributed by atoms with Crippen LogP contribution in [0.25, 0.3) is 0 Å². The Balaban J connectivity index is -0.000000795. The zero-order valence-electron chi connectivity index (χ0n) is 25.2. The van der Waals surface area contributed by atoms with Crippen molar-refractivity contribution in [2.75, 3.05) is 66.5 Å². The van der Waals surface area contributed by atoms with Crippen LogP contribution < -0.4 is 0 Å². The highest BCUT2D eigenvalue weighted by atomic mass is 32.2. The maximum atomic E-state index is 10.6. The molecule has 0 aliphatic heterocycles. The van der Waals surface area contributed by atoms with E-state index in [2.05, 4.69) is 86.4 Å². The van der Waals surface area contributed by atoms with E-state index in [0.29, 0.717) is 0 Å².